The van der Waals surface area contributed by atoms with Crippen molar-refractivity contribution in [3.63, 3.8) is 0 Å². The van der Waals surface area contributed by atoms with Crippen LogP contribution in [0.4, 0.5) is 5.69 Å². The fourth-order valence-electron chi connectivity index (χ4n) is 3.37. The molecule has 2 aromatic rings. The third kappa shape index (κ3) is 4.93. The first kappa shape index (κ1) is 22.5. The molecular formula is C22H26N2O7. The Morgan fingerprint density at radius 3 is 2.48 bits per heavy atom. The number of carbonyl (C=O) groups is 3. The average molecular weight is 430 g/mol. The highest BCUT2D eigenvalue weighted by atomic mass is 16.6. The Morgan fingerprint density at radius 1 is 1.16 bits per heavy atom. The van der Waals surface area contributed by atoms with Gasteiger partial charge in [-0.05, 0) is 44.4 Å². The lowest BCUT2D eigenvalue weighted by molar-refractivity contribution is -0.188. The molecule has 0 saturated carbocycles. The SMILES string of the molecule is CC(=O)O[C@@H](C(=O)OC(C)(C)C)[C@H]1OCCN(c2ccc3ccc(=O)n(C)c3c2)C1=O. The minimum absolute atomic E-state index is 0.128. The van der Waals surface area contributed by atoms with Crippen LogP contribution in [0.2, 0.25) is 0 Å². The van der Waals surface area contributed by atoms with Crippen LogP contribution in [-0.2, 0) is 35.6 Å². The molecule has 1 saturated heterocycles. The molecule has 2 heterocycles. The second-order valence-corrected chi connectivity index (χ2v) is 8.32. The molecular weight excluding hydrogens is 404 g/mol. The van der Waals surface area contributed by atoms with Crippen molar-refractivity contribution in [2.75, 3.05) is 18.1 Å². The van der Waals surface area contributed by atoms with E-state index in [1.54, 1.807) is 52.1 Å². The van der Waals surface area contributed by atoms with Crippen LogP contribution >= 0.6 is 0 Å². The number of nitrogens with zero attached hydrogens (tertiary/aromatic N) is 2. The normalized spacial score (nSPS) is 18.0. The molecule has 1 aromatic carbocycles. The third-order valence-electron chi connectivity index (χ3n) is 4.75. The summed E-state index contributed by atoms with van der Waals surface area (Å²) in [6.45, 7) is 6.53. The van der Waals surface area contributed by atoms with Crippen LogP contribution in [0.5, 0.6) is 0 Å². The van der Waals surface area contributed by atoms with Gasteiger partial charge >= 0.3 is 11.9 Å². The first-order valence-corrected chi connectivity index (χ1v) is 9.91. The monoisotopic (exact) mass is 430 g/mol. The van der Waals surface area contributed by atoms with Gasteiger partial charge in [-0.2, -0.15) is 0 Å². The molecule has 1 aliphatic rings. The Bertz CT molecular complexity index is 1080. The number of ether oxygens (including phenoxy) is 3. The number of esters is 2. The fourth-order valence-corrected chi connectivity index (χ4v) is 3.37. The topological polar surface area (TPSA) is 104 Å². The van der Waals surface area contributed by atoms with E-state index in [1.165, 1.54) is 15.5 Å². The molecule has 0 unspecified atom stereocenters. The van der Waals surface area contributed by atoms with Crippen molar-refractivity contribution in [2.45, 2.75) is 45.5 Å². The van der Waals surface area contributed by atoms with Gasteiger partial charge in [-0.3, -0.25) is 14.4 Å². The zero-order valence-electron chi connectivity index (χ0n) is 18.2. The lowest BCUT2D eigenvalue weighted by Crippen LogP contribution is -2.56. The maximum atomic E-state index is 13.2. The summed E-state index contributed by atoms with van der Waals surface area (Å²) >= 11 is 0. The highest BCUT2D eigenvalue weighted by Gasteiger charge is 2.44. The second-order valence-electron chi connectivity index (χ2n) is 8.32. The summed E-state index contributed by atoms with van der Waals surface area (Å²) in [4.78, 5) is 50.9. The number of pyridine rings is 1. The molecule has 2 atom stereocenters. The molecule has 0 bridgehead atoms. The number of carbonyl (C=O) groups excluding carboxylic acids is 3. The molecule has 1 aromatic heterocycles. The van der Waals surface area contributed by atoms with Gasteiger partial charge in [-0.1, -0.05) is 6.07 Å². The highest BCUT2D eigenvalue weighted by Crippen LogP contribution is 2.26. The van der Waals surface area contributed by atoms with Gasteiger partial charge in [-0.15, -0.1) is 0 Å². The zero-order valence-corrected chi connectivity index (χ0v) is 18.2. The van der Waals surface area contributed by atoms with Crippen LogP contribution in [0, 0.1) is 0 Å². The number of amides is 1. The van der Waals surface area contributed by atoms with Crippen LogP contribution in [-0.4, -0.2) is 53.4 Å². The summed E-state index contributed by atoms with van der Waals surface area (Å²) in [7, 11) is 1.65. The summed E-state index contributed by atoms with van der Waals surface area (Å²) in [5, 5.41) is 0.842. The van der Waals surface area contributed by atoms with Crippen LogP contribution in [0.1, 0.15) is 27.7 Å². The Kier molecular flexibility index (Phi) is 6.17. The van der Waals surface area contributed by atoms with Gasteiger partial charge in [0.05, 0.1) is 12.1 Å². The molecule has 0 radical (unpaired) electrons. The predicted molar refractivity (Wildman–Crippen MR) is 113 cm³/mol. The van der Waals surface area contributed by atoms with Gasteiger partial charge in [0, 0.05) is 32.3 Å². The quantitative estimate of drug-likeness (QED) is 0.678. The third-order valence-corrected chi connectivity index (χ3v) is 4.75. The maximum absolute atomic E-state index is 13.2. The number of anilines is 1. The molecule has 1 fully saturated rings. The number of aryl methyl sites for hydroxylation is 1. The van der Waals surface area contributed by atoms with Crippen molar-refractivity contribution in [1.29, 1.82) is 0 Å². The van der Waals surface area contributed by atoms with Crippen molar-refractivity contribution in [2.24, 2.45) is 7.05 Å². The maximum Gasteiger partial charge on any atom is 0.351 e. The Morgan fingerprint density at radius 2 is 1.84 bits per heavy atom. The van der Waals surface area contributed by atoms with E-state index >= 15 is 0 Å². The number of fused-ring (bicyclic) bond motifs is 1. The standard InChI is InChI=1S/C22H26N2O7/c1-13(25)30-19(21(28)31-22(2,3)4)18-20(27)24(10-11-29-18)15-8-6-14-7-9-17(26)23(5)16(14)12-15/h6-9,12,18-19H,10-11H2,1-5H3/t18-,19-/m1/s1. The minimum atomic E-state index is -1.53. The Labute approximate surface area is 179 Å². The Hall–Kier alpha value is -3.20. The van der Waals surface area contributed by atoms with Crippen molar-refractivity contribution < 1.29 is 28.6 Å². The summed E-state index contributed by atoms with van der Waals surface area (Å²) in [5.41, 5.74) is 0.189. The largest absolute Gasteiger partial charge is 0.457 e. The summed E-state index contributed by atoms with van der Waals surface area (Å²) < 4.78 is 17.5. The van der Waals surface area contributed by atoms with E-state index in [1.807, 2.05) is 0 Å². The number of benzene rings is 1. The van der Waals surface area contributed by atoms with Gasteiger partial charge < -0.3 is 23.7 Å². The first-order valence-electron chi connectivity index (χ1n) is 9.91. The number of aromatic nitrogens is 1. The van der Waals surface area contributed by atoms with E-state index < -0.39 is 35.7 Å². The average Bonchev–Trinajstić information content (AvgIpc) is 2.68. The van der Waals surface area contributed by atoms with Crippen LogP contribution in [0.3, 0.4) is 0 Å². The summed E-state index contributed by atoms with van der Waals surface area (Å²) in [5.74, 6) is -2.13. The summed E-state index contributed by atoms with van der Waals surface area (Å²) in [6, 6.07) is 8.47. The predicted octanol–water partition coefficient (Wildman–Crippen LogP) is 1.54. The molecule has 1 amide bonds. The molecule has 0 aliphatic carbocycles. The van der Waals surface area contributed by atoms with Gasteiger partial charge in [0.2, 0.25) is 6.10 Å². The molecule has 3 rings (SSSR count). The van der Waals surface area contributed by atoms with Gasteiger partial charge in [-0.25, -0.2) is 4.79 Å². The van der Waals surface area contributed by atoms with E-state index in [0.717, 1.165) is 12.3 Å². The first-order chi connectivity index (χ1) is 14.5. The molecule has 0 N–H and O–H groups in total. The van der Waals surface area contributed by atoms with Crippen molar-refractivity contribution in [3.8, 4) is 0 Å². The van der Waals surface area contributed by atoms with Crippen LogP contribution in [0.25, 0.3) is 10.9 Å². The zero-order chi connectivity index (χ0) is 22.9. The molecule has 9 nitrogen and oxygen atoms in total. The lowest BCUT2D eigenvalue weighted by Gasteiger charge is -2.35. The summed E-state index contributed by atoms with van der Waals surface area (Å²) in [6.07, 6.45) is -2.88. The Balaban J connectivity index is 1.94. The van der Waals surface area contributed by atoms with E-state index in [4.69, 9.17) is 14.2 Å². The van der Waals surface area contributed by atoms with Crippen molar-refractivity contribution in [3.05, 3.63) is 40.7 Å². The van der Waals surface area contributed by atoms with Crippen LogP contribution in [0.15, 0.2) is 35.1 Å². The molecule has 166 valence electrons. The highest BCUT2D eigenvalue weighted by molar-refractivity contribution is 6.02. The molecule has 0 spiro atoms. The van der Waals surface area contributed by atoms with Gasteiger partial charge in [0.25, 0.3) is 11.5 Å². The smallest absolute Gasteiger partial charge is 0.351 e. The lowest BCUT2D eigenvalue weighted by atomic mass is 10.1. The van der Waals surface area contributed by atoms with E-state index in [-0.39, 0.29) is 18.7 Å². The number of morpholine rings is 1. The van der Waals surface area contributed by atoms with Crippen LogP contribution < -0.4 is 10.5 Å². The van der Waals surface area contributed by atoms with E-state index in [0.29, 0.717) is 11.2 Å². The molecule has 31 heavy (non-hydrogen) atoms. The van der Waals surface area contributed by atoms with Gasteiger partial charge in [0.1, 0.15) is 5.60 Å². The van der Waals surface area contributed by atoms with E-state index in [2.05, 4.69) is 0 Å². The number of hydrogen-bond donors (Lipinski definition) is 0. The second kappa shape index (κ2) is 8.50. The number of hydrogen-bond acceptors (Lipinski definition) is 7. The molecule has 9 heteroatoms. The fraction of sp³-hybridized carbons (Fsp3) is 0.455. The van der Waals surface area contributed by atoms with Gasteiger partial charge in [0.15, 0.2) is 6.10 Å². The van der Waals surface area contributed by atoms with Crippen molar-refractivity contribution in [1.82, 2.24) is 4.57 Å². The number of rotatable bonds is 4. The molecule has 1 aliphatic heterocycles. The minimum Gasteiger partial charge on any atom is -0.457 e. The van der Waals surface area contributed by atoms with Crippen molar-refractivity contribution >= 4 is 34.4 Å². The van der Waals surface area contributed by atoms with E-state index in [9.17, 15) is 19.2 Å².